The van der Waals surface area contributed by atoms with Crippen LogP contribution in [0.5, 0.6) is 0 Å². The van der Waals surface area contributed by atoms with E-state index in [9.17, 15) is 15.0 Å². The van der Waals surface area contributed by atoms with E-state index < -0.39 is 17.5 Å². The number of carboxylic acid groups (broad SMARTS) is 1. The monoisotopic (exact) mass is 233 g/mol. The molecule has 2 atom stereocenters. The number of hydrogen-bond donors (Lipinski definition) is 1. The summed E-state index contributed by atoms with van der Waals surface area (Å²) in [4.78, 5) is 10.9. The topological polar surface area (TPSA) is 60.4 Å². The molecular formula is C14H17O3-. The van der Waals surface area contributed by atoms with Crippen LogP contribution in [0, 0.1) is 5.41 Å². The summed E-state index contributed by atoms with van der Waals surface area (Å²) in [6.45, 7) is 1.68. The lowest BCUT2D eigenvalue weighted by Crippen LogP contribution is -2.43. The van der Waals surface area contributed by atoms with Crippen molar-refractivity contribution in [2.75, 3.05) is 0 Å². The number of fused-ring (bicyclic) bond motifs is 1. The summed E-state index contributed by atoms with van der Waals surface area (Å²) in [5.74, 6) is -1.08. The number of carboxylic acids is 1. The van der Waals surface area contributed by atoms with Crippen molar-refractivity contribution in [1.29, 1.82) is 0 Å². The average molecular weight is 233 g/mol. The maximum Gasteiger partial charge on any atom is 0.0575 e. The van der Waals surface area contributed by atoms with Gasteiger partial charge in [-0.1, -0.05) is 24.3 Å². The van der Waals surface area contributed by atoms with Crippen LogP contribution in [-0.2, 0) is 17.6 Å². The number of rotatable bonds is 3. The van der Waals surface area contributed by atoms with Crippen LogP contribution in [0.15, 0.2) is 24.3 Å². The van der Waals surface area contributed by atoms with Crippen LogP contribution in [0.4, 0.5) is 0 Å². The Labute approximate surface area is 101 Å². The summed E-state index contributed by atoms with van der Waals surface area (Å²) in [6, 6.07) is 8.03. The molecule has 3 heteroatoms. The Kier molecular flexibility index (Phi) is 3.20. The molecule has 1 unspecified atom stereocenters. The quantitative estimate of drug-likeness (QED) is 0.835. The molecule has 3 nitrogen and oxygen atoms in total. The van der Waals surface area contributed by atoms with Gasteiger partial charge >= 0.3 is 0 Å². The second kappa shape index (κ2) is 4.49. The van der Waals surface area contributed by atoms with Crippen molar-refractivity contribution in [3.05, 3.63) is 35.4 Å². The molecule has 1 N–H and O–H groups in total. The molecule has 1 aromatic rings. The Bertz CT molecular complexity index is 425. The fourth-order valence-corrected chi connectivity index (χ4v) is 2.77. The molecule has 0 fully saturated rings. The van der Waals surface area contributed by atoms with E-state index in [0.717, 1.165) is 12.0 Å². The van der Waals surface area contributed by atoms with Crippen molar-refractivity contribution in [1.82, 2.24) is 0 Å². The van der Waals surface area contributed by atoms with E-state index in [0.29, 0.717) is 12.8 Å². The molecule has 0 spiro atoms. The minimum atomic E-state index is -1.08. The van der Waals surface area contributed by atoms with Gasteiger partial charge in [-0.25, -0.2) is 0 Å². The van der Waals surface area contributed by atoms with Crippen LogP contribution in [0.2, 0.25) is 0 Å². The highest BCUT2D eigenvalue weighted by Gasteiger charge is 2.38. The first-order valence-electron chi connectivity index (χ1n) is 5.98. The van der Waals surface area contributed by atoms with Crippen LogP contribution in [0.25, 0.3) is 0 Å². The summed E-state index contributed by atoms with van der Waals surface area (Å²) in [5, 5.41) is 20.8. The second-order valence-electron chi connectivity index (χ2n) is 5.03. The fourth-order valence-electron chi connectivity index (χ4n) is 2.77. The standard InChI is InChI=1S/C14H18O3/c1-10(15)14(9-13(16)17)7-6-11-4-2-3-5-12(11)8-14/h2-5,10,15H,6-9H2,1H3,(H,16,17)/p-1/t10-,14?/m1/s1. The van der Waals surface area contributed by atoms with Crippen molar-refractivity contribution in [2.45, 2.75) is 38.7 Å². The smallest absolute Gasteiger partial charge is 0.0575 e. The predicted octanol–water partition coefficient (Wildman–Crippen LogP) is 0.682. The highest BCUT2D eigenvalue weighted by Crippen LogP contribution is 2.40. The number of aliphatic hydroxyl groups is 1. The first kappa shape index (κ1) is 12.1. The van der Waals surface area contributed by atoms with Gasteiger partial charge in [0.25, 0.3) is 0 Å². The number of aliphatic carboxylic acids is 1. The van der Waals surface area contributed by atoms with E-state index >= 15 is 0 Å². The lowest BCUT2D eigenvalue weighted by atomic mass is 9.66. The highest BCUT2D eigenvalue weighted by molar-refractivity contribution is 5.65. The van der Waals surface area contributed by atoms with Crippen LogP contribution < -0.4 is 5.11 Å². The number of carbonyl (C=O) groups is 1. The molecular weight excluding hydrogens is 216 g/mol. The van der Waals surface area contributed by atoms with Gasteiger partial charge < -0.3 is 15.0 Å². The van der Waals surface area contributed by atoms with E-state index in [2.05, 4.69) is 6.07 Å². The fraction of sp³-hybridized carbons (Fsp3) is 0.500. The third-order valence-electron chi connectivity index (χ3n) is 3.94. The van der Waals surface area contributed by atoms with Gasteiger partial charge in [0.1, 0.15) is 0 Å². The zero-order chi connectivity index (χ0) is 12.5. The Morgan fingerprint density at radius 2 is 2.12 bits per heavy atom. The largest absolute Gasteiger partial charge is 0.550 e. The van der Waals surface area contributed by atoms with Gasteiger partial charge in [-0.3, -0.25) is 0 Å². The molecule has 0 bridgehead atoms. The van der Waals surface area contributed by atoms with Crippen LogP contribution in [0.3, 0.4) is 0 Å². The molecule has 0 aliphatic heterocycles. The molecule has 1 aliphatic carbocycles. The van der Waals surface area contributed by atoms with E-state index in [4.69, 9.17) is 0 Å². The van der Waals surface area contributed by atoms with Gasteiger partial charge in [0.05, 0.1) is 6.10 Å². The van der Waals surface area contributed by atoms with Crippen molar-refractivity contribution < 1.29 is 15.0 Å². The van der Waals surface area contributed by atoms with Crippen LogP contribution in [-0.4, -0.2) is 17.2 Å². The zero-order valence-electron chi connectivity index (χ0n) is 9.98. The molecule has 1 aromatic carbocycles. The zero-order valence-corrected chi connectivity index (χ0v) is 9.98. The molecule has 0 radical (unpaired) electrons. The molecule has 0 heterocycles. The van der Waals surface area contributed by atoms with E-state index in [1.165, 1.54) is 5.56 Å². The summed E-state index contributed by atoms with van der Waals surface area (Å²) in [5.41, 5.74) is 1.86. The molecule has 92 valence electrons. The lowest BCUT2D eigenvalue weighted by Gasteiger charge is -2.41. The number of benzene rings is 1. The minimum absolute atomic E-state index is 0.0704. The van der Waals surface area contributed by atoms with E-state index in [1.807, 2.05) is 18.2 Å². The SMILES string of the molecule is C[C@@H](O)C1(CC(=O)[O-])CCc2ccccc2C1. The van der Waals surface area contributed by atoms with Gasteiger partial charge in [-0.05, 0) is 43.7 Å². The second-order valence-corrected chi connectivity index (χ2v) is 5.03. The third kappa shape index (κ3) is 2.34. The Balaban J connectivity index is 2.30. The minimum Gasteiger partial charge on any atom is -0.550 e. The normalized spacial score (nSPS) is 25.1. The number of carbonyl (C=O) groups excluding carboxylic acids is 1. The Morgan fingerprint density at radius 1 is 1.47 bits per heavy atom. The van der Waals surface area contributed by atoms with Crippen molar-refractivity contribution in [2.24, 2.45) is 5.41 Å². The van der Waals surface area contributed by atoms with E-state index in [1.54, 1.807) is 6.92 Å². The maximum atomic E-state index is 10.9. The maximum absolute atomic E-state index is 10.9. The number of aliphatic hydroxyl groups excluding tert-OH is 1. The van der Waals surface area contributed by atoms with Gasteiger partial charge in [0, 0.05) is 11.4 Å². The molecule has 17 heavy (non-hydrogen) atoms. The highest BCUT2D eigenvalue weighted by atomic mass is 16.4. The van der Waals surface area contributed by atoms with Gasteiger partial charge in [-0.15, -0.1) is 0 Å². The molecule has 0 saturated heterocycles. The predicted molar refractivity (Wildman–Crippen MR) is 62.2 cm³/mol. The summed E-state index contributed by atoms with van der Waals surface area (Å²) >= 11 is 0. The molecule has 0 aromatic heterocycles. The molecule has 2 rings (SSSR count). The van der Waals surface area contributed by atoms with Gasteiger partial charge in [-0.2, -0.15) is 0 Å². The van der Waals surface area contributed by atoms with Crippen LogP contribution in [0.1, 0.15) is 30.9 Å². The van der Waals surface area contributed by atoms with Crippen molar-refractivity contribution >= 4 is 5.97 Å². The Morgan fingerprint density at radius 3 is 2.71 bits per heavy atom. The summed E-state index contributed by atoms with van der Waals surface area (Å²) < 4.78 is 0. The molecule has 0 amide bonds. The van der Waals surface area contributed by atoms with Crippen LogP contribution >= 0.6 is 0 Å². The number of hydrogen-bond acceptors (Lipinski definition) is 3. The first-order chi connectivity index (χ1) is 8.03. The third-order valence-corrected chi connectivity index (χ3v) is 3.94. The van der Waals surface area contributed by atoms with Gasteiger partial charge in [0.2, 0.25) is 0 Å². The van der Waals surface area contributed by atoms with Crippen molar-refractivity contribution in [3.8, 4) is 0 Å². The lowest BCUT2D eigenvalue weighted by molar-refractivity contribution is -0.309. The van der Waals surface area contributed by atoms with Crippen molar-refractivity contribution in [3.63, 3.8) is 0 Å². The molecule has 0 saturated carbocycles. The van der Waals surface area contributed by atoms with E-state index in [-0.39, 0.29) is 6.42 Å². The van der Waals surface area contributed by atoms with Gasteiger partial charge in [0.15, 0.2) is 0 Å². The Hall–Kier alpha value is -1.35. The average Bonchev–Trinajstić information content (AvgIpc) is 2.27. The number of aryl methyl sites for hydroxylation is 1. The molecule has 1 aliphatic rings. The summed E-state index contributed by atoms with van der Waals surface area (Å²) in [6.07, 6.45) is 1.45. The summed E-state index contributed by atoms with van der Waals surface area (Å²) in [7, 11) is 0. The first-order valence-corrected chi connectivity index (χ1v) is 5.98.